The first-order valence-corrected chi connectivity index (χ1v) is 9.28. The largest absolute Gasteiger partial charge is 0.365 e. The van der Waals surface area contributed by atoms with Crippen LogP contribution in [0.5, 0.6) is 0 Å². The van der Waals surface area contributed by atoms with E-state index in [1.807, 2.05) is 31.2 Å². The number of carbonyl (C=O) groups is 1. The first kappa shape index (κ1) is 16.1. The number of rotatable bonds is 0. The standard InChI is InChI=1S/C21H21N5O/c1-11-6-7-22-20-12(2)24-16-5-3-4-14(19(16)26-20)17-9-15-18(25-17)13(8-11)10-23-21(15)27/h3-6,9,13,25H,7-8,10H2,1-2H3,(H,22,26)(H,23,27)/b11-6+. The molecule has 0 saturated heterocycles. The van der Waals surface area contributed by atoms with Gasteiger partial charge in [0.2, 0.25) is 0 Å². The molecule has 2 aliphatic rings. The molecule has 27 heavy (non-hydrogen) atoms. The SMILES string of the molecule is C/C1=C\CNc2nc3c(cccc3nc2C)-c2cc3c([nH]2)C(CNC3=O)C1. The number of hydrogen-bond donors (Lipinski definition) is 3. The van der Waals surface area contributed by atoms with E-state index in [4.69, 9.17) is 9.97 Å². The quantitative estimate of drug-likeness (QED) is 0.536. The van der Waals surface area contributed by atoms with Crippen molar-refractivity contribution in [2.24, 2.45) is 0 Å². The van der Waals surface area contributed by atoms with Crippen LogP contribution in [-0.2, 0) is 0 Å². The van der Waals surface area contributed by atoms with Crippen LogP contribution in [0.25, 0.3) is 22.3 Å². The van der Waals surface area contributed by atoms with Gasteiger partial charge in [-0.25, -0.2) is 9.97 Å². The van der Waals surface area contributed by atoms with Crippen molar-refractivity contribution in [3.63, 3.8) is 0 Å². The number of amides is 1. The third-order valence-electron chi connectivity index (χ3n) is 5.46. The second kappa shape index (κ2) is 5.94. The number of benzene rings is 1. The van der Waals surface area contributed by atoms with Gasteiger partial charge >= 0.3 is 0 Å². The molecular weight excluding hydrogens is 338 g/mol. The number of aryl methyl sites for hydroxylation is 1. The lowest BCUT2D eigenvalue weighted by Gasteiger charge is -2.23. The number of allylic oxidation sites excluding steroid dienone is 1. The summed E-state index contributed by atoms with van der Waals surface area (Å²) < 4.78 is 0. The molecule has 2 aromatic heterocycles. The van der Waals surface area contributed by atoms with Crippen molar-refractivity contribution in [1.82, 2.24) is 20.3 Å². The van der Waals surface area contributed by atoms with Gasteiger partial charge < -0.3 is 15.6 Å². The molecule has 5 rings (SSSR count). The van der Waals surface area contributed by atoms with Crippen molar-refractivity contribution < 1.29 is 4.79 Å². The van der Waals surface area contributed by atoms with E-state index in [9.17, 15) is 4.79 Å². The molecule has 4 heterocycles. The van der Waals surface area contributed by atoms with Crippen molar-refractivity contribution in [2.75, 3.05) is 18.4 Å². The zero-order chi connectivity index (χ0) is 18.5. The van der Waals surface area contributed by atoms with Crippen LogP contribution in [-0.4, -0.2) is 33.9 Å². The molecule has 2 aliphatic heterocycles. The molecule has 3 N–H and O–H groups in total. The van der Waals surface area contributed by atoms with Crippen LogP contribution < -0.4 is 10.6 Å². The third-order valence-corrected chi connectivity index (χ3v) is 5.46. The Hall–Kier alpha value is -3.15. The van der Waals surface area contributed by atoms with Gasteiger partial charge in [0.15, 0.2) is 0 Å². The highest BCUT2D eigenvalue weighted by Gasteiger charge is 2.28. The normalized spacial score (nSPS) is 20.7. The summed E-state index contributed by atoms with van der Waals surface area (Å²) in [7, 11) is 0. The molecule has 0 spiro atoms. The number of aromatic nitrogens is 3. The summed E-state index contributed by atoms with van der Waals surface area (Å²) in [6, 6.07) is 7.94. The van der Waals surface area contributed by atoms with Crippen LogP contribution in [0.15, 0.2) is 35.9 Å². The summed E-state index contributed by atoms with van der Waals surface area (Å²) in [5.41, 5.74) is 7.49. The van der Waals surface area contributed by atoms with E-state index in [0.717, 1.165) is 51.5 Å². The van der Waals surface area contributed by atoms with Crippen LogP contribution in [0.4, 0.5) is 5.82 Å². The number of carbonyl (C=O) groups excluding carboxylic acids is 1. The summed E-state index contributed by atoms with van der Waals surface area (Å²) in [5, 5.41) is 6.43. The molecule has 0 aliphatic carbocycles. The lowest BCUT2D eigenvalue weighted by molar-refractivity contribution is 0.0940. The highest BCUT2D eigenvalue weighted by Crippen LogP contribution is 2.35. The Labute approximate surface area is 157 Å². The predicted molar refractivity (Wildman–Crippen MR) is 106 cm³/mol. The Morgan fingerprint density at radius 3 is 2.89 bits per heavy atom. The zero-order valence-corrected chi connectivity index (χ0v) is 15.4. The van der Waals surface area contributed by atoms with Crippen LogP contribution in [0, 0.1) is 6.92 Å². The van der Waals surface area contributed by atoms with Gasteiger partial charge in [-0.2, -0.15) is 0 Å². The molecule has 3 aromatic rings. The summed E-state index contributed by atoms with van der Waals surface area (Å²) in [4.78, 5) is 25.5. The van der Waals surface area contributed by atoms with Gasteiger partial charge in [-0.1, -0.05) is 23.8 Å². The summed E-state index contributed by atoms with van der Waals surface area (Å²) >= 11 is 0. The van der Waals surface area contributed by atoms with Crippen molar-refractivity contribution in [3.8, 4) is 11.3 Å². The van der Waals surface area contributed by atoms with E-state index >= 15 is 0 Å². The molecule has 136 valence electrons. The van der Waals surface area contributed by atoms with E-state index in [2.05, 4.69) is 28.6 Å². The molecule has 0 saturated carbocycles. The predicted octanol–water partition coefficient (Wildman–Crippen LogP) is 3.52. The van der Waals surface area contributed by atoms with Gasteiger partial charge in [0.25, 0.3) is 5.91 Å². The average molecular weight is 359 g/mol. The van der Waals surface area contributed by atoms with Crippen LogP contribution in [0.2, 0.25) is 0 Å². The van der Waals surface area contributed by atoms with Crippen molar-refractivity contribution in [1.29, 1.82) is 0 Å². The summed E-state index contributed by atoms with van der Waals surface area (Å²) in [6.45, 7) is 5.47. The fourth-order valence-corrected chi connectivity index (χ4v) is 4.06. The number of nitrogens with one attached hydrogen (secondary N) is 3. The molecule has 0 radical (unpaired) electrons. The number of aromatic amines is 1. The smallest absolute Gasteiger partial charge is 0.253 e. The maximum atomic E-state index is 12.4. The number of H-pyrrole nitrogens is 1. The average Bonchev–Trinajstić information content (AvgIpc) is 3.10. The molecule has 0 fully saturated rings. The fraction of sp³-hybridized carbons (Fsp3) is 0.286. The van der Waals surface area contributed by atoms with Gasteiger partial charge in [0.05, 0.1) is 16.8 Å². The van der Waals surface area contributed by atoms with Crippen molar-refractivity contribution in [2.45, 2.75) is 26.2 Å². The number of para-hydroxylation sites is 1. The fourth-order valence-electron chi connectivity index (χ4n) is 4.06. The van der Waals surface area contributed by atoms with E-state index in [0.29, 0.717) is 13.1 Å². The monoisotopic (exact) mass is 359 g/mol. The zero-order valence-electron chi connectivity index (χ0n) is 15.4. The van der Waals surface area contributed by atoms with E-state index in [-0.39, 0.29) is 11.8 Å². The topological polar surface area (TPSA) is 82.7 Å². The maximum absolute atomic E-state index is 12.4. The minimum Gasteiger partial charge on any atom is -0.365 e. The van der Waals surface area contributed by atoms with Crippen molar-refractivity contribution >= 4 is 22.8 Å². The number of anilines is 1. The first-order chi connectivity index (χ1) is 13.1. The summed E-state index contributed by atoms with van der Waals surface area (Å²) in [6.07, 6.45) is 3.09. The van der Waals surface area contributed by atoms with Gasteiger partial charge in [0.1, 0.15) is 11.3 Å². The highest BCUT2D eigenvalue weighted by molar-refractivity contribution is 6.00. The Morgan fingerprint density at radius 1 is 1.11 bits per heavy atom. The minimum atomic E-state index is -0.0120. The molecule has 1 atom stereocenters. The van der Waals surface area contributed by atoms with E-state index < -0.39 is 0 Å². The number of nitrogens with zero attached hydrogens (tertiary/aromatic N) is 2. The summed E-state index contributed by atoms with van der Waals surface area (Å²) in [5.74, 6) is 1.03. The third kappa shape index (κ3) is 2.60. The molecular formula is C21H21N5O. The second-order valence-corrected chi connectivity index (χ2v) is 7.38. The molecule has 1 aromatic carbocycles. The molecule has 6 nitrogen and oxygen atoms in total. The van der Waals surface area contributed by atoms with Gasteiger partial charge in [0, 0.05) is 36.0 Å². The molecule has 4 bridgehead atoms. The lowest BCUT2D eigenvalue weighted by atomic mass is 9.91. The molecule has 1 unspecified atom stereocenters. The highest BCUT2D eigenvalue weighted by atomic mass is 16.1. The van der Waals surface area contributed by atoms with E-state index in [1.165, 1.54) is 5.57 Å². The molecule has 1 amide bonds. The second-order valence-electron chi connectivity index (χ2n) is 7.38. The Bertz CT molecular complexity index is 1110. The minimum absolute atomic E-state index is 0.0120. The molecule has 6 heteroatoms. The van der Waals surface area contributed by atoms with Gasteiger partial charge in [-0.3, -0.25) is 4.79 Å². The van der Waals surface area contributed by atoms with Crippen molar-refractivity contribution in [3.05, 3.63) is 52.9 Å². The van der Waals surface area contributed by atoms with Gasteiger partial charge in [-0.05, 0) is 32.4 Å². The number of fused-ring (bicyclic) bond motifs is 3. The maximum Gasteiger partial charge on any atom is 0.253 e. The lowest BCUT2D eigenvalue weighted by Crippen LogP contribution is -2.34. The van der Waals surface area contributed by atoms with Crippen LogP contribution >= 0.6 is 0 Å². The first-order valence-electron chi connectivity index (χ1n) is 9.28. The van der Waals surface area contributed by atoms with Crippen LogP contribution in [0.1, 0.15) is 41.0 Å². The number of hydrogen-bond acceptors (Lipinski definition) is 4. The van der Waals surface area contributed by atoms with Gasteiger partial charge in [-0.15, -0.1) is 0 Å². The van der Waals surface area contributed by atoms with E-state index in [1.54, 1.807) is 0 Å². The Morgan fingerprint density at radius 2 is 2.00 bits per heavy atom. The Kier molecular flexibility index (Phi) is 3.53. The Balaban J connectivity index is 1.79. The van der Waals surface area contributed by atoms with Crippen LogP contribution in [0.3, 0.4) is 0 Å².